The molecule has 0 spiro atoms. The molecule has 1 unspecified atom stereocenters. The van der Waals surface area contributed by atoms with Gasteiger partial charge in [-0.25, -0.2) is 17.6 Å². The first-order chi connectivity index (χ1) is 12.8. The molecular weight excluding hydrogens is 371 g/mol. The standard InChI is InChI=1S/C19H21FN2O4S/c1-13-3-2-10-22(12-13)18-9-4-14(19(23)24)11-17(18)21-27(25,26)16-7-5-15(20)6-8-16/h4-9,11,13,21H,2-3,10,12H2,1H3,(H,23,24). The third kappa shape index (κ3) is 4.39. The van der Waals surface area contributed by atoms with E-state index in [4.69, 9.17) is 0 Å². The number of rotatable bonds is 5. The molecule has 0 radical (unpaired) electrons. The molecule has 6 nitrogen and oxygen atoms in total. The third-order valence-electron chi connectivity index (χ3n) is 4.61. The maximum atomic E-state index is 13.1. The Morgan fingerprint density at radius 1 is 1.22 bits per heavy atom. The number of carboxylic acid groups (broad SMARTS) is 1. The molecule has 0 amide bonds. The van der Waals surface area contributed by atoms with Crippen LogP contribution in [-0.4, -0.2) is 32.6 Å². The molecule has 2 aromatic rings. The minimum absolute atomic E-state index is 0.0133. The van der Waals surface area contributed by atoms with Crippen molar-refractivity contribution < 1.29 is 22.7 Å². The lowest BCUT2D eigenvalue weighted by Gasteiger charge is -2.34. The Kier molecular flexibility index (Phi) is 5.36. The SMILES string of the molecule is CC1CCCN(c2ccc(C(=O)O)cc2NS(=O)(=O)c2ccc(F)cc2)C1. The molecule has 1 aliphatic heterocycles. The molecule has 27 heavy (non-hydrogen) atoms. The van der Waals surface area contributed by atoms with Crippen molar-refractivity contribution in [2.24, 2.45) is 5.92 Å². The first-order valence-electron chi connectivity index (χ1n) is 8.67. The molecule has 0 aromatic heterocycles. The molecule has 1 saturated heterocycles. The van der Waals surface area contributed by atoms with Crippen LogP contribution in [-0.2, 0) is 10.0 Å². The van der Waals surface area contributed by atoms with Gasteiger partial charge in [0.15, 0.2) is 0 Å². The van der Waals surface area contributed by atoms with Crippen molar-refractivity contribution in [3.63, 3.8) is 0 Å². The van der Waals surface area contributed by atoms with Crippen LogP contribution in [0.4, 0.5) is 15.8 Å². The summed E-state index contributed by atoms with van der Waals surface area (Å²) >= 11 is 0. The summed E-state index contributed by atoms with van der Waals surface area (Å²) < 4.78 is 41.0. The second kappa shape index (κ2) is 7.56. The number of nitrogens with one attached hydrogen (secondary N) is 1. The average molecular weight is 392 g/mol. The number of carboxylic acids is 1. The van der Waals surface area contributed by atoms with Crippen molar-refractivity contribution in [2.45, 2.75) is 24.7 Å². The Labute approximate surface area is 157 Å². The highest BCUT2D eigenvalue weighted by Crippen LogP contribution is 2.32. The van der Waals surface area contributed by atoms with Gasteiger partial charge < -0.3 is 10.0 Å². The number of carbonyl (C=O) groups is 1. The normalized spacial score (nSPS) is 17.6. The van der Waals surface area contributed by atoms with Crippen molar-refractivity contribution in [2.75, 3.05) is 22.7 Å². The molecule has 1 atom stereocenters. The highest BCUT2D eigenvalue weighted by atomic mass is 32.2. The first kappa shape index (κ1) is 19.2. The van der Waals surface area contributed by atoms with Gasteiger partial charge in [-0.3, -0.25) is 4.72 Å². The quantitative estimate of drug-likeness (QED) is 0.812. The van der Waals surface area contributed by atoms with Gasteiger partial charge in [0.2, 0.25) is 0 Å². The first-order valence-corrected chi connectivity index (χ1v) is 10.2. The number of hydrogen-bond acceptors (Lipinski definition) is 4. The van der Waals surface area contributed by atoms with Crippen LogP contribution in [0.3, 0.4) is 0 Å². The van der Waals surface area contributed by atoms with Crippen molar-refractivity contribution >= 4 is 27.4 Å². The molecule has 0 bridgehead atoms. The van der Waals surface area contributed by atoms with Gasteiger partial charge in [-0.2, -0.15) is 0 Å². The zero-order chi connectivity index (χ0) is 19.6. The number of aromatic carboxylic acids is 1. The predicted molar refractivity (Wildman–Crippen MR) is 101 cm³/mol. The van der Waals surface area contributed by atoms with Gasteiger partial charge >= 0.3 is 5.97 Å². The summed E-state index contributed by atoms with van der Waals surface area (Å²) in [6.07, 6.45) is 2.08. The number of benzene rings is 2. The molecule has 1 heterocycles. The Morgan fingerprint density at radius 3 is 2.56 bits per heavy atom. The molecule has 1 aliphatic rings. The number of anilines is 2. The number of hydrogen-bond donors (Lipinski definition) is 2. The maximum absolute atomic E-state index is 13.1. The highest BCUT2D eigenvalue weighted by molar-refractivity contribution is 7.92. The number of sulfonamides is 1. The molecular formula is C19H21FN2O4S. The molecule has 144 valence electrons. The summed E-state index contributed by atoms with van der Waals surface area (Å²) in [5.74, 6) is -1.22. The van der Waals surface area contributed by atoms with Gasteiger partial charge in [0.1, 0.15) is 5.82 Å². The van der Waals surface area contributed by atoms with Crippen LogP contribution >= 0.6 is 0 Å². The van der Waals surface area contributed by atoms with E-state index in [1.165, 1.54) is 24.3 Å². The van der Waals surface area contributed by atoms with Crippen molar-refractivity contribution in [1.29, 1.82) is 0 Å². The Hall–Kier alpha value is -2.61. The van der Waals surface area contributed by atoms with E-state index in [0.717, 1.165) is 38.1 Å². The fourth-order valence-electron chi connectivity index (χ4n) is 3.25. The second-order valence-corrected chi connectivity index (χ2v) is 8.47. The van der Waals surface area contributed by atoms with Crippen LogP contribution < -0.4 is 9.62 Å². The fraction of sp³-hybridized carbons (Fsp3) is 0.316. The van der Waals surface area contributed by atoms with Gasteiger partial charge in [0, 0.05) is 13.1 Å². The molecule has 0 aliphatic carbocycles. The van der Waals surface area contributed by atoms with Gasteiger partial charge in [0.25, 0.3) is 10.0 Å². The van der Waals surface area contributed by atoms with Crippen LogP contribution in [0, 0.1) is 11.7 Å². The number of piperidine rings is 1. The predicted octanol–water partition coefficient (Wildman–Crippen LogP) is 3.56. The van der Waals surface area contributed by atoms with E-state index in [-0.39, 0.29) is 16.1 Å². The number of halogens is 1. The maximum Gasteiger partial charge on any atom is 0.335 e. The van der Waals surface area contributed by atoms with E-state index < -0.39 is 21.8 Å². The third-order valence-corrected chi connectivity index (χ3v) is 5.99. The van der Waals surface area contributed by atoms with Crippen molar-refractivity contribution in [3.05, 3.63) is 53.8 Å². The highest BCUT2D eigenvalue weighted by Gasteiger charge is 2.23. The van der Waals surface area contributed by atoms with Gasteiger partial charge in [-0.15, -0.1) is 0 Å². The monoisotopic (exact) mass is 392 g/mol. The van der Waals surface area contributed by atoms with E-state index in [0.29, 0.717) is 11.6 Å². The summed E-state index contributed by atoms with van der Waals surface area (Å²) in [5.41, 5.74) is 0.825. The van der Waals surface area contributed by atoms with Gasteiger partial charge in [0.05, 0.1) is 21.8 Å². The smallest absolute Gasteiger partial charge is 0.335 e. The van der Waals surface area contributed by atoms with Crippen LogP contribution in [0.2, 0.25) is 0 Å². The van der Waals surface area contributed by atoms with E-state index in [1.807, 2.05) is 0 Å². The minimum atomic E-state index is -3.98. The lowest BCUT2D eigenvalue weighted by atomic mass is 9.99. The Morgan fingerprint density at radius 2 is 1.93 bits per heavy atom. The van der Waals surface area contributed by atoms with Crippen LogP contribution in [0.5, 0.6) is 0 Å². The van der Waals surface area contributed by atoms with E-state index in [1.54, 1.807) is 6.07 Å². The van der Waals surface area contributed by atoms with E-state index >= 15 is 0 Å². The summed E-state index contributed by atoms with van der Waals surface area (Å²) in [6, 6.07) is 8.88. The average Bonchev–Trinajstić information content (AvgIpc) is 2.61. The Balaban J connectivity index is 1.99. The zero-order valence-corrected chi connectivity index (χ0v) is 15.7. The summed E-state index contributed by atoms with van der Waals surface area (Å²) in [7, 11) is -3.98. The van der Waals surface area contributed by atoms with Gasteiger partial charge in [-0.05, 0) is 61.2 Å². The molecule has 3 rings (SSSR count). The molecule has 2 N–H and O–H groups in total. The Bertz CT molecular complexity index is 945. The van der Waals surface area contributed by atoms with E-state index in [2.05, 4.69) is 16.5 Å². The molecule has 0 saturated carbocycles. The number of nitrogens with zero attached hydrogens (tertiary/aromatic N) is 1. The van der Waals surface area contributed by atoms with Crippen molar-refractivity contribution in [1.82, 2.24) is 0 Å². The molecule has 2 aromatic carbocycles. The van der Waals surface area contributed by atoms with Crippen molar-refractivity contribution in [3.8, 4) is 0 Å². The lowest BCUT2D eigenvalue weighted by molar-refractivity contribution is 0.0697. The second-order valence-electron chi connectivity index (χ2n) is 6.79. The van der Waals surface area contributed by atoms with Gasteiger partial charge in [-0.1, -0.05) is 6.92 Å². The summed E-state index contributed by atoms with van der Waals surface area (Å²) in [4.78, 5) is 13.3. The van der Waals surface area contributed by atoms with Crippen LogP contribution in [0.1, 0.15) is 30.1 Å². The van der Waals surface area contributed by atoms with Crippen LogP contribution in [0.15, 0.2) is 47.4 Å². The molecule has 8 heteroatoms. The topological polar surface area (TPSA) is 86.7 Å². The van der Waals surface area contributed by atoms with E-state index in [9.17, 15) is 22.7 Å². The minimum Gasteiger partial charge on any atom is -0.478 e. The summed E-state index contributed by atoms with van der Waals surface area (Å²) in [5, 5.41) is 9.27. The van der Waals surface area contributed by atoms with Crippen LogP contribution in [0.25, 0.3) is 0 Å². The fourth-order valence-corrected chi connectivity index (χ4v) is 4.32. The zero-order valence-electron chi connectivity index (χ0n) is 14.9. The largest absolute Gasteiger partial charge is 0.478 e. The lowest BCUT2D eigenvalue weighted by Crippen LogP contribution is -2.35. The summed E-state index contributed by atoms with van der Waals surface area (Å²) in [6.45, 7) is 3.65. The molecule has 1 fully saturated rings.